The second-order valence-corrected chi connectivity index (χ2v) is 5.51. The van der Waals surface area contributed by atoms with Gasteiger partial charge in [-0.3, -0.25) is 0 Å². The van der Waals surface area contributed by atoms with Crippen molar-refractivity contribution < 1.29 is 5.11 Å². The summed E-state index contributed by atoms with van der Waals surface area (Å²) in [6.07, 6.45) is 10.6. The summed E-state index contributed by atoms with van der Waals surface area (Å²) in [5.74, 6) is 0.514. The quantitative estimate of drug-likeness (QED) is 0.635. The molecule has 0 aliphatic heterocycles. The van der Waals surface area contributed by atoms with E-state index < -0.39 is 0 Å². The average Bonchev–Trinajstić information content (AvgIpc) is 2.42. The molecule has 1 aromatic carbocycles. The van der Waals surface area contributed by atoms with Gasteiger partial charge in [-0.05, 0) is 61.3 Å². The van der Waals surface area contributed by atoms with Gasteiger partial charge < -0.3 is 5.11 Å². The fourth-order valence-corrected chi connectivity index (χ4v) is 2.63. The van der Waals surface area contributed by atoms with E-state index in [1.54, 1.807) is 0 Å². The number of benzene rings is 1. The van der Waals surface area contributed by atoms with Crippen molar-refractivity contribution >= 4 is 13.5 Å². The Balaban J connectivity index is 0.00000361. The van der Waals surface area contributed by atoms with Gasteiger partial charge in [-0.15, -0.1) is 0 Å². The van der Waals surface area contributed by atoms with Crippen molar-refractivity contribution in [1.29, 1.82) is 0 Å². The molecule has 1 N–H and O–H groups in total. The van der Waals surface area contributed by atoms with Crippen molar-refractivity contribution in [1.82, 2.24) is 0 Å². The van der Waals surface area contributed by atoms with Gasteiger partial charge in [0, 0.05) is 0 Å². The summed E-state index contributed by atoms with van der Waals surface area (Å²) in [7, 11) is 0. The van der Waals surface area contributed by atoms with Crippen molar-refractivity contribution in [3.05, 3.63) is 28.8 Å². The normalized spacial score (nSPS) is 10.3. The molecule has 0 atom stereocenters. The minimum absolute atomic E-state index is 0. The molecule has 1 nitrogen and oxygen atoms in total. The molecule has 1 aromatic rings. The Morgan fingerprint density at radius 2 is 1.25 bits per heavy atom. The fraction of sp³-hybridized carbons (Fsp3) is 0.667. The van der Waals surface area contributed by atoms with Crippen LogP contribution in [-0.2, 0) is 19.3 Å². The van der Waals surface area contributed by atoms with Crippen molar-refractivity contribution in [2.75, 3.05) is 0 Å². The SMILES string of the molecule is CCCCc1ccc(O)c(CCCC)c1CCCC.S. The van der Waals surface area contributed by atoms with Gasteiger partial charge in [0.05, 0.1) is 0 Å². The van der Waals surface area contributed by atoms with E-state index in [1.807, 2.05) is 6.07 Å². The number of aryl methyl sites for hydroxylation is 1. The Kier molecular flexibility index (Phi) is 10.7. The molecule has 0 amide bonds. The molecule has 0 aromatic heterocycles. The van der Waals surface area contributed by atoms with Crippen molar-refractivity contribution in [2.24, 2.45) is 0 Å². The fourth-order valence-electron chi connectivity index (χ4n) is 2.63. The molecule has 0 spiro atoms. The zero-order chi connectivity index (χ0) is 14.1. The Hall–Kier alpha value is -0.630. The third kappa shape index (κ3) is 5.78. The first-order valence-electron chi connectivity index (χ1n) is 8.07. The van der Waals surface area contributed by atoms with Crippen LogP contribution in [-0.4, -0.2) is 5.11 Å². The maximum absolute atomic E-state index is 10.2. The Bertz CT molecular complexity index is 374. The summed E-state index contributed by atoms with van der Waals surface area (Å²) in [6, 6.07) is 4.05. The number of hydrogen-bond donors (Lipinski definition) is 1. The summed E-state index contributed by atoms with van der Waals surface area (Å²) in [5, 5.41) is 10.2. The summed E-state index contributed by atoms with van der Waals surface area (Å²) in [5.41, 5.74) is 4.15. The molecule has 0 aliphatic rings. The van der Waals surface area contributed by atoms with E-state index in [1.165, 1.54) is 55.2 Å². The summed E-state index contributed by atoms with van der Waals surface area (Å²) in [6.45, 7) is 6.69. The van der Waals surface area contributed by atoms with Crippen LogP contribution in [0, 0.1) is 0 Å². The first kappa shape index (κ1) is 19.4. The number of phenolic OH excluding ortho intramolecular Hbond substituents is 1. The van der Waals surface area contributed by atoms with E-state index in [-0.39, 0.29) is 13.5 Å². The maximum atomic E-state index is 10.2. The van der Waals surface area contributed by atoms with Gasteiger partial charge in [0.1, 0.15) is 5.75 Å². The van der Waals surface area contributed by atoms with Crippen molar-refractivity contribution in [2.45, 2.75) is 78.6 Å². The van der Waals surface area contributed by atoms with Crippen LogP contribution < -0.4 is 0 Å². The van der Waals surface area contributed by atoms with Crippen LogP contribution in [0.25, 0.3) is 0 Å². The lowest BCUT2D eigenvalue weighted by atomic mass is 9.90. The van der Waals surface area contributed by atoms with Crippen LogP contribution >= 0.6 is 13.5 Å². The first-order chi connectivity index (χ1) is 9.24. The largest absolute Gasteiger partial charge is 0.508 e. The maximum Gasteiger partial charge on any atom is 0.119 e. The molecule has 0 radical (unpaired) electrons. The number of unbranched alkanes of at least 4 members (excludes halogenated alkanes) is 3. The minimum atomic E-state index is 0. The van der Waals surface area contributed by atoms with Crippen molar-refractivity contribution in [3.63, 3.8) is 0 Å². The molecule has 0 bridgehead atoms. The first-order valence-corrected chi connectivity index (χ1v) is 8.07. The minimum Gasteiger partial charge on any atom is -0.508 e. The number of phenols is 1. The lowest BCUT2D eigenvalue weighted by molar-refractivity contribution is 0.465. The molecule has 0 saturated heterocycles. The Labute approximate surface area is 132 Å². The number of rotatable bonds is 9. The molecule has 2 heteroatoms. The van der Waals surface area contributed by atoms with Crippen LogP contribution in [0.3, 0.4) is 0 Å². The third-order valence-corrected chi connectivity index (χ3v) is 3.86. The smallest absolute Gasteiger partial charge is 0.119 e. The number of aromatic hydroxyl groups is 1. The van der Waals surface area contributed by atoms with Crippen LogP contribution in [0.2, 0.25) is 0 Å². The number of hydrogen-bond acceptors (Lipinski definition) is 1. The molecule has 116 valence electrons. The molecule has 0 heterocycles. The second-order valence-electron chi connectivity index (χ2n) is 5.51. The van der Waals surface area contributed by atoms with Gasteiger partial charge in [0.25, 0.3) is 0 Å². The lowest BCUT2D eigenvalue weighted by Crippen LogP contribution is -2.02. The summed E-state index contributed by atoms with van der Waals surface area (Å²) >= 11 is 0. The Morgan fingerprint density at radius 3 is 1.80 bits per heavy atom. The molecule has 0 fully saturated rings. The molecule has 0 saturated carbocycles. The Morgan fingerprint density at radius 1 is 0.750 bits per heavy atom. The monoisotopic (exact) mass is 296 g/mol. The molecular formula is C18H32OS. The van der Waals surface area contributed by atoms with Crippen LogP contribution in [0.5, 0.6) is 5.75 Å². The van der Waals surface area contributed by atoms with Gasteiger partial charge in [0.2, 0.25) is 0 Å². The topological polar surface area (TPSA) is 20.2 Å². The molecule has 0 unspecified atom stereocenters. The van der Waals surface area contributed by atoms with E-state index in [9.17, 15) is 5.11 Å². The van der Waals surface area contributed by atoms with E-state index in [0.29, 0.717) is 5.75 Å². The van der Waals surface area contributed by atoms with Gasteiger partial charge >= 0.3 is 0 Å². The standard InChI is InChI=1S/C18H30O.H2S/c1-4-7-10-15-13-14-18(19)17(12-9-6-3)16(15)11-8-5-2;/h13-14,19H,4-12H2,1-3H3;1H2. The average molecular weight is 297 g/mol. The lowest BCUT2D eigenvalue weighted by Gasteiger charge is -2.16. The molecule has 1 rings (SSSR count). The van der Waals surface area contributed by atoms with E-state index in [0.717, 1.165) is 19.3 Å². The van der Waals surface area contributed by atoms with Crippen LogP contribution in [0.1, 0.15) is 76.0 Å². The highest BCUT2D eigenvalue weighted by Gasteiger charge is 2.12. The molecule has 0 aliphatic carbocycles. The summed E-state index contributed by atoms with van der Waals surface area (Å²) in [4.78, 5) is 0. The highest BCUT2D eigenvalue weighted by atomic mass is 32.1. The van der Waals surface area contributed by atoms with Gasteiger partial charge in [-0.1, -0.05) is 46.1 Å². The highest BCUT2D eigenvalue weighted by molar-refractivity contribution is 7.59. The zero-order valence-electron chi connectivity index (χ0n) is 13.5. The summed E-state index contributed by atoms with van der Waals surface area (Å²) < 4.78 is 0. The van der Waals surface area contributed by atoms with E-state index in [4.69, 9.17) is 0 Å². The van der Waals surface area contributed by atoms with Gasteiger partial charge in [-0.25, -0.2) is 0 Å². The second kappa shape index (κ2) is 11.1. The predicted molar refractivity (Wildman–Crippen MR) is 94.3 cm³/mol. The highest BCUT2D eigenvalue weighted by Crippen LogP contribution is 2.29. The zero-order valence-corrected chi connectivity index (χ0v) is 14.5. The van der Waals surface area contributed by atoms with Crippen molar-refractivity contribution in [3.8, 4) is 5.75 Å². The molecule has 20 heavy (non-hydrogen) atoms. The molecular weight excluding hydrogens is 264 g/mol. The predicted octanol–water partition coefficient (Wildman–Crippen LogP) is 5.53. The van der Waals surface area contributed by atoms with Crippen LogP contribution in [0.4, 0.5) is 0 Å². The van der Waals surface area contributed by atoms with Gasteiger partial charge in [-0.2, -0.15) is 13.5 Å². The third-order valence-electron chi connectivity index (χ3n) is 3.86. The van der Waals surface area contributed by atoms with E-state index >= 15 is 0 Å². The van der Waals surface area contributed by atoms with Crippen LogP contribution in [0.15, 0.2) is 12.1 Å². The van der Waals surface area contributed by atoms with E-state index in [2.05, 4.69) is 26.8 Å². The van der Waals surface area contributed by atoms with Gasteiger partial charge in [0.15, 0.2) is 0 Å².